The Hall–Kier alpha value is -3.25. The molecule has 0 fully saturated rings. The van der Waals surface area contributed by atoms with Crippen LogP contribution in [0.1, 0.15) is 24.0 Å². The van der Waals surface area contributed by atoms with Crippen molar-refractivity contribution in [3.05, 3.63) is 72.1 Å². The molecular formula is C23H22F3N3O4S2. The molecule has 2 aromatic carbocycles. The number of anilines is 1. The quantitative estimate of drug-likeness (QED) is 0.392. The maximum absolute atomic E-state index is 13.5. The molecule has 7 nitrogen and oxygen atoms in total. The molecule has 0 spiro atoms. The first kappa shape index (κ1) is 24.9. The van der Waals surface area contributed by atoms with E-state index in [0.717, 1.165) is 15.6 Å². The highest BCUT2D eigenvalue weighted by atomic mass is 32.2. The van der Waals surface area contributed by atoms with Gasteiger partial charge in [0.1, 0.15) is 16.6 Å². The van der Waals surface area contributed by atoms with E-state index < -0.39 is 16.4 Å². The number of alkyl halides is 3. The van der Waals surface area contributed by atoms with E-state index in [9.17, 15) is 21.6 Å². The second-order valence-electron chi connectivity index (χ2n) is 7.80. The fourth-order valence-electron chi connectivity index (χ4n) is 3.61. The molecule has 4 rings (SSSR count). The summed E-state index contributed by atoms with van der Waals surface area (Å²) in [5.74, 6) is 0.170. The van der Waals surface area contributed by atoms with Crippen LogP contribution in [-0.4, -0.2) is 26.4 Å². The highest BCUT2D eigenvalue weighted by Crippen LogP contribution is 2.39. The van der Waals surface area contributed by atoms with E-state index in [1.54, 1.807) is 0 Å². The Bertz CT molecular complexity index is 1370. The van der Waals surface area contributed by atoms with Crippen molar-refractivity contribution in [3.8, 4) is 5.75 Å². The summed E-state index contributed by atoms with van der Waals surface area (Å²) in [6.07, 6.45) is -4.18. The van der Waals surface area contributed by atoms with Crippen LogP contribution in [0.15, 0.2) is 66.0 Å². The molecule has 0 aliphatic carbocycles. The van der Waals surface area contributed by atoms with E-state index in [2.05, 4.69) is 21.8 Å². The van der Waals surface area contributed by atoms with Crippen LogP contribution in [0.4, 0.5) is 18.2 Å². The largest absolute Gasteiger partial charge is 0.573 e. The second-order valence-corrected chi connectivity index (χ2v) is 10.8. The van der Waals surface area contributed by atoms with Crippen LogP contribution < -0.4 is 14.5 Å². The zero-order valence-electron chi connectivity index (χ0n) is 18.6. The van der Waals surface area contributed by atoms with Crippen molar-refractivity contribution in [1.29, 1.82) is 0 Å². The SMILES string of the molecule is C=C1N=C(CCCS(=O)(=O)N(Cc2ccc(OC(F)(F)F)cc2)c2sc3ccccc3c2C)NO1. The van der Waals surface area contributed by atoms with Gasteiger partial charge in [-0.25, -0.2) is 13.9 Å². The van der Waals surface area contributed by atoms with E-state index >= 15 is 0 Å². The lowest BCUT2D eigenvalue weighted by molar-refractivity contribution is -0.274. The molecule has 1 N–H and O–H groups in total. The summed E-state index contributed by atoms with van der Waals surface area (Å²) in [6.45, 7) is 5.38. The third-order valence-electron chi connectivity index (χ3n) is 5.23. The minimum absolute atomic E-state index is 0.0403. The molecule has 0 saturated carbocycles. The van der Waals surface area contributed by atoms with Gasteiger partial charge in [0.25, 0.3) is 0 Å². The lowest BCUT2D eigenvalue weighted by atomic mass is 10.2. The van der Waals surface area contributed by atoms with Gasteiger partial charge in [-0.3, -0.25) is 4.31 Å². The van der Waals surface area contributed by atoms with Gasteiger partial charge in [0.05, 0.1) is 12.3 Å². The van der Waals surface area contributed by atoms with Crippen LogP contribution >= 0.6 is 11.3 Å². The van der Waals surface area contributed by atoms with Crippen LogP contribution in [0.3, 0.4) is 0 Å². The number of hydrogen-bond acceptors (Lipinski definition) is 7. The Kier molecular flexibility index (Phi) is 6.95. The second kappa shape index (κ2) is 9.78. The average molecular weight is 526 g/mol. The van der Waals surface area contributed by atoms with Gasteiger partial charge in [-0.1, -0.05) is 30.3 Å². The Balaban J connectivity index is 1.60. The van der Waals surface area contributed by atoms with Gasteiger partial charge in [0, 0.05) is 11.1 Å². The molecule has 0 bridgehead atoms. The molecule has 1 aliphatic rings. The van der Waals surface area contributed by atoms with Crippen molar-refractivity contribution in [1.82, 2.24) is 5.48 Å². The molecule has 12 heteroatoms. The molecule has 186 valence electrons. The van der Waals surface area contributed by atoms with Gasteiger partial charge >= 0.3 is 6.36 Å². The van der Waals surface area contributed by atoms with E-state index in [-0.39, 0.29) is 30.4 Å². The first-order valence-corrected chi connectivity index (χ1v) is 13.0. The Morgan fingerprint density at radius 1 is 1.17 bits per heavy atom. The molecule has 1 aliphatic heterocycles. The van der Waals surface area contributed by atoms with Gasteiger partial charge in [0.15, 0.2) is 0 Å². The maximum atomic E-state index is 13.5. The van der Waals surface area contributed by atoms with Crippen LogP contribution in [0.5, 0.6) is 5.75 Å². The van der Waals surface area contributed by atoms with Crippen molar-refractivity contribution >= 4 is 42.3 Å². The summed E-state index contributed by atoms with van der Waals surface area (Å²) < 4.78 is 70.7. The summed E-state index contributed by atoms with van der Waals surface area (Å²) in [5.41, 5.74) is 3.93. The molecule has 0 saturated heterocycles. The summed E-state index contributed by atoms with van der Waals surface area (Å²) in [4.78, 5) is 8.99. The molecule has 0 amide bonds. The summed E-state index contributed by atoms with van der Waals surface area (Å²) in [5, 5.41) is 1.51. The molecule has 1 aromatic heterocycles. The van der Waals surface area contributed by atoms with Crippen molar-refractivity contribution in [3.63, 3.8) is 0 Å². The number of sulfonamides is 1. The van der Waals surface area contributed by atoms with E-state index in [0.29, 0.717) is 22.8 Å². The van der Waals surface area contributed by atoms with Gasteiger partial charge in [-0.15, -0.1) is 24.5 Å². The summed E-state index contributed by atoms with van der Waals surface area (Å²) in [6, 6.07) is 12.8. The molecule has 0 radical (unpaired) electrons. The first-order valence-electron chi connectivity index (χ1n) is 10.5. The third kappa shape index (κ3) is 6.06. The van der Waals surface area contributed by atoms with Crippen molar-refractivity contribution in [2.45, 2.75) is 32.7 Å². The standard InChI is InChI=1S/C23H22F3N3O4S2/c1-15-19-6-3-4-7-20(19)34-22(15)29(14-17-9-11-18(12-10-17)32-23(24,25)26)35(30,31)13-5-8-21-27-16(2)33-28-21/h3-4,6-7,9-12H,2,5,8,13-14H2,1H3,(H,27,28). The number of nitrogens with one attached hydrogen (secondary N) is 1. The molecule has 2 heterocycles. The van der Waals surface area contributed by atoms with E-state index in [1.807, 2.05) is 31.2 Å². The summed E-state index contributed by atoms with van der Waals surface area (Å²) in [7, 11) is -3.80. The minimum atomic E-state index is -4.80. The third-order valence-corrected chi connectivity index (χ3v) is 8.43. The van der Waals surface area contributed by atoms with E-state index in [1.165, 1.54) is 39.9 Å². The monoisotopic (exact) mass is 525 g/mol. The lowest BCUT2D eigenvalue weighted by Crippen LogP contribution is -2.33. The predicted molar refractivity (Wildman–Crippen MR) is 130 cm³/mol. The summed E-state index contributed by atoms with van der Waals surface area (Å²) >= 11 is 1.35. The number of halogens is 3. The topological polar surface area (TPSA) is 80.2 Å². The Labute approximate surface area is 204 Å². The first-order chi connectivity index (χ1) is 16.5. The molecule has 35 heavy (non-hydrogen) atoms. The molecular weight excluding hydrogens is 503 g/mol. The number of aryl methyl sites for hydroxylation is 1. The normalized spacial score (nSPS) is 13.9. The number of benzene rings is 2. The van der Waals surface area contributed by atoms with Crippen molar-refractivity contribution in [2.75, 3.05) is 10.1 Å². The zero-order chi connectivity index (χ0) is 25.2. The van der Waals surface area contributed by atoms with Gasteiger partial charge in [-0.05, 0) is 54.6 Å². The Morgan fingerprint density at radius 3 is 2.51 bits per heavy atom. The number of hydrogen-bond donors (Lipinski definition) is 1. The molecule has 3 aromatic rings. The van der Waals surface area contributed by atoms with Crippen LogP contribution in [-0.2, 0) is 21.4 Å². The number of amidine groups is 1. The maximum Gasteiger partial charge on any atom is 0.573 e. The number of rotatable bonds is 9. The number of nitrogens with zero attached hydrogens (tertiary/aromatic N) is 2. The highest BCUT2D eigenvalue weighted by molar-refractivity contribution is 7.93. The van der Waals surface area contributed by atoms with Crippen molar-refractivity contribution < 1.29 is 31.2 Å². The number of ether oxygens (including phenoxy) is 1. The van der Waals surface area contributed by atoms with Gasteiger partial charge < -0.3 is 9.57 Å². The van der Waals surface area contributed by atoms with Crippen LogP contribution in [0.2, 0.25) is 0 Å². The van der Waals surface area contributed by atoms with Crippen LogP contribution in [0, 0.1) is 6.92 Å². The zero-order valence-corrected chi connectivity index (χ0v) is 20.3. The van der Waals surface area contributed by atoms with Crippen molar-refractivity contribution in [2.24, 2.45) is 4.99 Å². The molecule has 0 unspecified atom stereocenters. The highest BCUT2D eigenvalue weighted by Gasteiger charge is 2.31. The van der Waals surface area contributed by atoms with Gasteiger partial charge in [-0.2, -0.15) is 4.99 Å². The lowest BCUT2D eigenvalue weighted by Gasteiger charge is -2.24. The number of aliphatic imine (C=N–C) groups is 1. The fourth-order valence-corrected chi connectivity index (χ4v) is 6.64. The fraction of sp³-hybridized carbons (Fsp3) is 0.261. The number of fused-ring (bicyclic) bond motifs is 1. The van der Waals surface area contributed by atoms with Crippen LogP contribution in [0.25, 0.3) is 10.1 Å². The minimum Gasteiger partial charge on any atom is -0.406 e. The van der Waals surface area contributed by atoms with Gasteiger partial charge in [0.2, 0.25) is 15.9 Å². The number of hydroxylamine groups is 1. The smallest absolute Gasteiger partial charge is 0.406 e. The number of thiophene rings is 1. The molecule has 0 atom stereocenters. The van der Waals surface area contributed by atoms with E-state index in [4.69, 9.17) is 4.84 Å². The average Bonchev–Trinajstić information content (AvgIpc) is 3.35. The Morgan fingerprint density at radius 2 is 1.89 bits per heavy atom. The predicted octanol–water partition coefficient (Wildman–Crippen LogP) is 5.63.